The summed E-state index contributed by atoms with van der Waals surface area (Å²) < 4.78 is 5.56. The monoisotopic (exact) mass is 378 g/mol. The number of anilines is 1. The van der Waals surface area contributed by atoms with Gasteiger partial charge in [-0.2, -0.15) is 5.26 Å². The smallest absolute Gasteiger partial charge is 0.306 e. The van der Waals surface area contributed by atoms with Crippen LogP contribution in [0.2, 0.25) is 0 Å². The zero-order valence-corrected chi connectivity index (χ0v) is 15.5. The van der Waals surface area contributed by atoms with Gasteiger partial charge in [0.2, 0.25) is 0 Å². The summed E-state index contributed by atoms with van der Waals surface area (Å²) in [5.74, 6) is -1.41. The molecule has 2 unspecified atom stereocenters. The van der Waals surface area contributed by atoms with Crippen LogP contribution in [0.5, 0.6) is 0 Å². The number of esters is 1. The third kappa shape index (κ3) is 3.40. The first kappa shape index (κ1) is 18.3. The predicted octanol–water partition coefficient (Wildman–Crippen LogP) is 3.62. The molecule has 144 valence electrons. The minimum atomic E-state index is -0.987. The molecule has 6 heteroatoms. The van der Waals surface area contributed by atoms with Crippen molar-refractivity contribution in [3.8, 4) is 6.07 Å². The molecule has 2 bridgehead atoms. The maximum atomic E-state index is 11.9. The molecule has 0 amide bonds. The average molecular weight is 378 g/mol. The van der Waals surface area contributed by atoms with Crippen molar-refractivity contribution in [3.05, 3.63) is 42.0 Å². The third-order valence-electron chi connectivity index (χ3n) is 5.83. The van der Waals surface area contributed by atoms with Crippen molar-refractivity contribution < 1.29 is 19.4 Å². The van der Waals surface area contributed by atoms with Crippen LogP contribution in [0.15, 0.2) is 36.4 Å². The largest absolute Gasteiger partial charge is 0.481 e. The van der Waals surface area contributed by atoms with Crippen LogP contribution in [0.25, 0.3) is 10.8 Å². The van der Waals surface area contributed by atoms with Gasteiger partial charge in [0.1, 0.15) is 6.10 Å². The van der Waals surface area contributed by atoms with E-state index < -0.39 is 11.9 Å². The predicted molar refractivity (Wildman–Crippen MR) is 104 cm³/mol. The number of benzene rings is 2. The second-order valence-corrected chi connectivity index (χ2v) is 7.56. The quantitative estimate of drug-likeness (QED) is 0.799. The van der Waals surface area contributed by atoms with E-state index >= 15 is 0 Å². The van der Waals surface area contributed by atoms with E-state index in [9.17, 15) is 14.9 Å². The molecule has 2 aliphatic heterocycles. The summed E-state index contributed by atoms with van der Waals surface area (Å²) >= 11 is 0. The maximum absolute atomic E-state index is 11.9. The number of fused-ring (bicyclic) bond motifs is 3. The second-order valence-electron chi connectivity index (χ2n) is 7.56. The molecule has 0 aromatic heterocycles. The van der Waals surface area contributed by atoms with Gasteiger partial charge in [0.15, 0.2) is 0 Å². The van der Waals surface area contributed by atoms with Crippen LogP contribution in [-0.2, 0) is 14.3 Å². The summed E-state index contributed by atoms with van der Waals surface area (Å²) in [6, 6.07) is 14.7. The number of carbonyl (C=O) groups is 2. The van der Waals surface area contributed by atoms with Crippen LogP contribution in [0.1, 0.15) is 44.1 Å². The number of nitriles is 1. The molecule has 0 aliphatic carbocycles. The normalized spacial score (nSPS) is 23.4. The van der Waals surface area contributed by atoms with E-state index in [1.165, 1.54) is 0 Å². The Kier molecular flexibility index (Phi) is 4.91. The van der Waals surface area contributed by atoms with E-state index in [-0.39, 0.29) is 31.0 Å². The molecule has 2 aliphatic rings. The lowest BCUT2D eigenvalue weighted by Gasteiger charge is -2.40. The second kappa shape index (κ2) is 7.51. The minimum Gasteiger partial charge on any atom is -0.481 e. The zero-order chi connectivity index (χ0) is 19.7. The van der Waals surface area contributed by atoms with Gasteiger partial charge in [0.25, 0.3) is 0 Å². The van der Waals surface area contributed by atoms with E-state index in [0.29, 0.717) is 5.56 Å². The summed E-state index contributed by atoms with van der Waals surface area (Å²) in [7, 11) is 0. The number of rotatable bonds is 5. The van der Waals surface area contributed by atoms with Crippen molar-refractivity contribution in [1.82, 2.24) is 0 Å². The number of aliphatic carboxylic acids is 1. The number of nitrogens with zero attached hydrogens (tertiary/aromatic N) is 2. The van der Waals surface area contributed by atoms with E-state index in [4.69, 9.17) is 9.84 Å². The summed E-state index contributed by atoms with van der Waals surface area (Å²) in [5, 5.41) is 20.2. The highest BCUT2D eigenvalue weighted by molar-refractivity contribution is 5.98. The van der Waals surface area contributed by atoms with Crippen molar-refractivity contribution in [1.29, 1.82) is 5.26 Å². The van der Waals surface area contributed by atoms with Crippen LogP contribution in [0, 0.1) is 11.3 Å². The fraction of sp³-hybridized carbons (Fsp3) is 0.409. The molecular formula is C22H22N2O4. The van der Waals surface area contributed by atoms with E-state index in [1.807, 2.05) is 30.3 Å². The van der Waals surface area contributed by atoms with Gasteiger partial charge in [-0.1, -0.05) is 24.3 Å². The topological polar surface area (TPSA) is 90.6 Å². The molecule has 1 N–H and O–H groups in total. The fourth-order valence-corrected chi connectivity index (χ4v) is 4.68. The van der Waals surface area contributed by atoms with Crippen LogP contribution in [0.3, 0.4) is 0 Å². The maximum Gasteiger partial charge on any atom is 0.306 e. The number of carboxylic acids is 1. The number of carbonyl (C=O) groups excluding carboxylic acids is 1. The molecular weight excluding hydrogens is 356 g/mol. The van der Waals surface area contributed by atoms with Crippen molar-refractivity contribution >= 4 is 28.4 Å². The van der Waals surface area contributed by atoms with E-state index in [2.05, 4.69) is 17.0 Å². The summed E-state index contributed by atoms with van der Waals surface area (Å²) in [5.41, 5.74) is 1.81. The molecule has 0 radical (unpaired) electrons. The van der Waals surface area contributed by atoms with Gasteiger partial charge in [0.05, 0.1) is 24.5 Å². The molecule has 2 fully saturated rings. The van der Waals surface area contributed by atoms with E-state index in [0.717, 1.165) is 42.1 Å². The molecule has 2 heterocycles. The van der Waals surface area contributed by atoms with Gasteiger partial charge in [-0.05, 0) is 25.0 Å². The number of hydrogen-bond donors (Lipinski definition) is 1. The number of ether oxygens (including phenoxy) is 1. The molecule has 6 nitrogen and oxygen atoms in total. The highest BCUT2D eigenvalue weighted by atomic mass is 16.5. The number of hydrogen-bond acceptors (Lipinski definition) is 5. The Morgan fingerprint density at radius 1 is 1.07 bits per heavy atom. The van der Waals surface area contributed by atoms with Crippen molar-refractivity contribution in [2.45, 2.75) is 56.7 Å². The Morgan fingerprint density at radius 3 is 2.39 bits per heavy atom. The molecule has 4 rings (SSSR count). The van der Waals surface area contributed by atoms with Gasteiger partial charge in [-0.15, -0.1) is 0 Å². The van der Waals surface area contributed by atoms with Crippen LogP contribution in [0.4, 0.5) is 5.69 Å². The number of carboxylic acid groups (broad SMARTS) is 1. The Hall–Kier alpha value is -3.07. The van der Waals surface area contributed by atoms with Gasteiger partial charge in [-0.3, -0.25) is 9.59 Å². The Labute approximate surface area is 163 Å². The third-order valence-corrected chi connectivity index (χ3v) is 5.83. The first-order valence-electron chi connectivity index (χ1n) is 9.68. The van der Waals surface area contributed by atoms with Gasteiger partial charge >= 0.3 is 11.9 Å². The van der Waals surface area contributed by atoms with Gasteiger partial charge in [0, 0.05) is 41.4 Å². The fourth-order valence-electron chi connectivity index (χ4n) is 4.68. The molecule has 0 spiro atoms. The SMILES string of the molecule is N#Cc1ccc(N2C3CCC2CC(OC(=O)CCC(=O)O)C3)c2ccccc12. The van der Waals surface area contributed by atoms with Crippen molar-refractivity contribution in [2.24, 2.45) is 0 Å². The molecule has 2 aromatic carbocycles. The van der Waals surface area contributed by atoms with Gasteiger partial charge in [-0.25, -0.2) is 0 Å². The highest BCUT2D eigenvalue weighted by Gasteiger charge is 2.42. The van der Waals surface area contributed by atoms with Gasteiger partial charge < -0.3 is 14.7 Å². The summed E-state index contributed by atoms with van der Waals surface area (Å²) in [6.07, 6.45) is 3.17. The van der Waals surface area contributed by atoms with Crippen LogP contribution < -0.4 is 4.90 Å². The molecule has 2 aromatic rings. The minimum absolute atomic E-state index is 0.0782. The molecule has 2 atom stereocenters. The summed E-state index contributed by atoms with van der Waals surface area (Å²) in [4.78, 5) is 25.0. The van der Waals surface area contributed by atoms with Crippen molar-refractivity contribution in [3.63, 3.8) is 0 Å². The zero-order valence-electron chi connectivity index (χ0n) is 15.5. The first-order valence-corrected chi connectivity index (χ1v) is 9.68. The standard InChI is InChI=1S/C22H22N2O4/c23-13-14-5-8-20(19-4-2-1-3-18(14)19)24-15-6-7-16(24)12-17(11-15)28-22(27)10-9-21(25)26/h1-5,8,15-17H,6-7,9-12H2,(H,25,26). The summed E-state index contributed by atoms with van der Waals surface area (Å²) in [6.45, 7) is 0. The Bertz CT molecular complexity index is 951. The van der Waals surface area contributed by atoms with Crippen molar-refractivity contribution in [2.75, 3.05) is 4.90 Å². The molecule has 28 heavy (non-hydrogen) atoms. The molecule has 0 saturated carbocycles. The van der Waals surface area contributed by atoms with Crippen LogP contribution in [-0.4, -0.2) is 35.2 Å². The lowest BCUT2D eigenvalue weighted by atomic mass is 9.96. The Morgan fingerprint density at radius 2 is 1.75 bits per heavy atom. The first-order chi connectivity index (χ1) is 13.6. The van der Waals surface area contributed by atoms with Crippen LogP contribution >= 0.6 is 0 Å². The number of piperidine rings is 1. The lowest BCUT2D eigenvalue weighted by Crippen LogP contribution is -2.46. The lowest BCUT2D eigenvalue weighted by molar-refractivity contribution is -0.153. The highest BCUT2D eigenvalue weighted by Crippen LogP contribution is 2.43. The molecule has 2 saturated heterocycles. The van der Waals surface area contributed by atoms with E-state index in [1.54, 1.807) is 0 Å². The average Bonchev–Trinajstić information content (AvgIpc) is 2.95. The Balaban J connectivity index is 1.54.